The van der Waals surface area contributed by atoms with E-state index in [1.54, 1.807) is 0 Å². The van der Waals surface area contributed by atoms with Crippen molar-refractivity contribution in [3.63, 3.8) is 0 Å². The summed E-state index contributed by atoms with van der Waals surface area (Å²) >= 11 is 12.2. The van der Waals surface area contributed by atoms with Crippen molar-refractivity contribution in [1.29, 1.82) is 0 Å². The molecule has 2 unspecified atom stereocenters. The number of esters is 1. The van der Waals surface area contributed by atoms with Crippen molar-refractivity contribution in [2.75, 3.05) is 17.8 Å². The van der Waals surface area contributed by atoms with Crippen LogP contribution >= 0.6 is 43.5 Å². The number of hydrogen-bond donors (Lipinski definition) is 0. The van der Waals surface area contributed by atoms with Crippen LogP contribution in [0.2, 0.25) is 0 Å². The first-order chi connectivity index (χ1) is 6.17. The lowest BCUT2D eigenvalue weighted by Crippen LogP contribution is -2.28. The van der Waals surface area contributed by atoms with Crippen molar-refractivity contribution in [3.05, 3.63) is 0 Å². The number of rotatable bonds is 6. The molecule has 0 N–H and O–H groups in total. The first-order valence-corrected chi connectivity index (χ1v) is 6.67. The Morgan fingerprint density at radius 2 is 2.23 bits per heavy atom. The maximum atomic E-state index is 11.4. The minimum absolute atomic E-state index is 0.0297. The second-order valence-corrected chi connectivity index (χ2v) is 4.73. The molecule has 0 aromatic heterocycles. The minimum Gasteiger partial charge on any atom is -0.465 e. The van der Waals surface area contributed by atoms with Crippen molar-refractivity contribution in [1.82, 2.24) is 0 Å². The fourth-order valence-corrected chi connectivity index (χ4v) is 2.56. The predicted octanol–water partition coefficient (Wildman–Crippen LogP) is 2.95. The van der Waals surface area contributed by atoms with Crippen LogP contribution in [0.3, 0.4) is 0 Å². The van der Waals surface area contributed by atoms with Gasteiger partial charge in [-0.3, -0.25) is 4.79 Å². The second-order valence-electron chi connectivity index (χ2n) is 2.60. The summed E-state index contributed by atoms with van der Waals surface area (Å²) < 4.78 is 5.01. The molecule has 0 fully saturated rings. The fourth-order valence-electron chi connectivity index (χ4n) is 0.725. The molecule has 0 bridgehead atoms. The van der Waals surface area contributed by atoms with Gasteiger partial charge in [0.1, 0.15) is 0 Å². The monoisotopic (exact) mass is 334 g/mol. The smallest absolute Gasteiger partial charge is 0.310 e. The third-order valence-electron chi connectivity index (χ3n) is 1.50. The molecule has 0 rings (SSSR count). The number of carbonyl (C=O) groups is 1. The van der Waals surface area contributed by atoms with Gasteiger partial charge in [-0.05, 0) is 6.42 Å². The zero-order valence-corrected chi connectivity index (χ0v) is 11.4. The summed E-state index contributed by atoms with van der Waals surface area (Å²) in [6, 6.07) is 0. The van der Waals surface area contributed by atoms with Crippen LogP contribution in [0.1, 0.15) is 13.3 Å². The van der Waals surface area contributed by atoms with E-state index >= 15 is 0 Å². The molecule has 13 heavy (non-hydrogen) atoms. The lowest BCUT2D eigenvalue weighted by Gasteiger charge is -2.16. The van der Waals surface area contributed by atoms with Crippen LogP contribution in [-0.2, 0) is 9.53 Å². The minimum atomic E-state index is -0.205. The van der Waals surface area contributed by atoms with Crippen LogP contribution in [-0.4, -0.2) is 28.6 Å². The average Bonchev–Trinajstić information content (AvgIpc) is 2.15. The molecule has 0 radical (unpaired) electrons. The average molecular weight is 336 g/mol. The van der Waals surface area contributed by atoms with Crippen molar-refractivity contribution < 1.29 is 9.53 Å². The van der Waals surface area contributed by atoms with Crippen LogP contribution in [0, 0.1) is 5.92 Å². The van der Waals surface area contributed by atoms with Crippen molar-refractivity contribution in [2.24, 2.45) is 5.92 Å². The molecule has 0 saturated heterocycles. The van der Waals surface area contributed by atoms with Crippen LogP contribution in [0.4, 0.5) is 0 Å². The standard InChI is InChI=1S/C8H13Br2ClO2/c1-2-3-13-8(12)6(4-9)7(10)5-11/h6-7H,2-5H2,1H3. The number of hydrogen-bond acceptors (Lipinski definition) is 2. The molecule has 0 saturated carbocycles. The lowest BCUT2D eigenvalue weighted by atomic mass is 10.1. The quantitative estimate of drug-likeness (QED) is 0.551. The highest BCUT2D eigenvalue weighted by Crippen LogP contribution is 2.18. The van der Waals surface area contributed by atoms with E-state index in [2.05, 4.69) is 31.9 Å². The molecule has 2 atom stereocenters. The molecule has 0 spiro atoms. The molecule has 0 aromatic carbocycles. The van der Waals surface area contributed by atoms with Gasteiger partial charge in [0.05, 0.1) is 12.5 Å². The Morgan fingerprint density at radius 3 is 2.62 bits per heavy atom. The summed E-state index contributed by atoms with van der Waals surface area (Å²) in [4.78, 5) is 11.4. The van der Waals surface area contributed by atoms with Gasteiger partial charge < -0.3 is 4.74 Å². The normalized spacial score (nSPS) is 15.1. The molecule has 2 nitrogen and oxygen atoms in total. The molecule has 0 amide bonds. The van der Waals surface area contributed by atoms with Gasteiger partial charge in [-0.25, -0.2) is 0 Å². The van der Waals surface area contributed by atoms with Crippen molar-refractivity contribution >= 4 is 49.4 Å². The van der Waals surface area contributed by atoms with Gasteiger partial charge >= 0.3 is 5.97 Å². The number of carbonyl (C=O) groups excluding carboxylic acids is 1. The van der Waals surface area contributed by atoms with E-state index in [0.29, 0.717) is 17.8 Å². The summed E-state index contributed by atoms with van der Waals surface area (Å²) in [5.41, 5.74) is 0. The Labute approximate surface area is 101 Å². The molecule has 78 valence electrons. The lowest BCUT2D eigenvalue weighted by molar-refractivity contribution is -0.147. The highest BCUT2D eigenvalue weighted by atomic mass is 79.9. The highest BCUT2D eigenvalue weighted by Gasteiger charge is 2.25. The summed E-state index contributed by atoms with van der Waals surface area (Å²) in [6.45, 7) is 2.44. The molecule has 0 heterocycles. The molecular weight excluding hydrogens is 323 g/mol. The first-order valence-electron chi connectivity index (χ1n) is 4.10. The Morgan fingerprint density at radius 1 is 1.62 bits per heavy atom. The van der Waals surface area contributed by atoms with E-state index in [4.69, 9.17) is 16.3 Å². The van der Waals surface area contributed by atoms with Gasteiger partial charge in [0.15, 0.2) is 0 Å². The molecule has 0 aliphatic heterocycles. The van der Waals surface area contributed by atoms with Crippen LogP contribution in [0.15, 0.2) is 0 Å². The van der Waals surface area contributed by atoms with Gasteiger partial charge in [-0.1, -0.05) is 38.8 Å². The van der Waals surface area contributed by atoms with Crippen LogP contribution in [0.25, 0.3) is 0 Å². The number of ether oxygens (including phenoxy) is 1. The molecule has 0 aromatic rings. The van der Waals surface area contributed by atoms with Gasteiger partial charge in [-0.15, -0.1) is 11.6 Å². The maximum absolute atomic E-state index is 11.4. The van der Waals surface area contributed by atoms with Gasteiger partial charge in [0.25, 0.3) is 0 Å². The molecular formula is C8H13Br2ClO2. The summed E-state index contributed by atoms with van der Waals surface area (Å²) in [6.07, 6.45) is 0.842. The van der Waals surface area contributed by atoms with Crippen LogP contribution < -0.4 is 0 Å². The predicted molar refractivity (Wildman–Crippen MR) is 62.0 cm³/mol. The summed E-state index contributed by atoms with van der Waals surface area (Å²) in [5.74, 6) is 0.00242. The molecule has 0 aliphatic carbocycles. The van der Waals surface area contributed by atoms with E-state index < -0.39 is 0 Å². The second kappa shape index (κ2) is 8.06. The Bertz CT molecular complexity index is 155. The summed E-state index contributed by atoms with van der Waals surface area (Å²) in [7, 11) is 0. The Hall–Kier alpha value is 0.720. The van der Waals surface area contributed by atoms with Gasteiger partial charge in [0, 0.05) is 16.0 Å². The SMILES string of the molecule is CCCOC(=O)C(CBr)C(Br)CCl. The number of halogens is 3. The fraction of sp³-hybridized carbons (Fsp3) is 0.875. The van der Waals surface area contributed by atoms with E-state index in [0.717, 1.165) is 6.42 Å². The van der Waals surface area contributed by atoms with Crippen LogP contribution in [0.5, 0.6) is 0 Å². The third kappa shape index (κ3) is 5.23. The van der Waals surface area contributed by atoms with Crippen molar-refractivity contribution in [2.45, 2.75) is 18.2 Å². The zero-order valence-electron chi connectivity index (χ0n) is 7.43. The highest BCUT2D eigenvalue weighted by molar-refractivity contribution is 9.10. The third-order valence-corrected chi connectivity index (χ3v) is 3.87. The largest absolute Gasteiger partial charge is 0.465 e. The van der Waals surface area contributed by atoms with E-state index in [1.807, 2.05) is 6.92 Å². The van der Waals surface area contributed by atoms with Gasteiger partial charge in [-0.2, -0.15) is 0 Å². The first kappa shape index (κ1) is 13.7. The Balaban J connectivity index is 3.99. The Kier molecular flexibility index (Phi) is 8.51. The van der Waals surface area contributed by atoms with E-state index in [-0.39, 0.29) is 16.7 Å². The summed E-state index contributed by atoms with van der Waals surface area (Å²) in [5, 5.41) is 0.568. The van der Waals surface area contributed by atoms with E-state index in [1.165, 1.54) is 0 Å². The van der Waals surface area contributed by atoms with Crippen molar-refractivity contribution in [3.8, 4) is 0 Å². The molecule has 0 aliphatic rings. The van der Waals surface area contributed by atoms with E-state index in [9.17, 15) is 4.79 Å². The zero-order chi connectivity index (χ0) is 10.3. The topological polar surface area (TPSA) is 26.3 Å². The molecule has 5 heteroatoms. The van der Waals surface area contributed by atoms with Gasteiger partial charge in [0.2, 0.25) is 0 Å². The number of alkyl halides is 3. The maximum Gasteiger partial charge on any atom is 0.310 e.